The molecule has 3 atom stereocenters. The zero-order valence-electron chi connectivity index (χ0n) is 11.8. The first-order chi connectivity index (χ1) is 8.24. The van der Waals surface area contributed by atoms with Crippen LogP contribution < -0.4 is 5.32 Å². The van der Waals surface area contributed by atoms with Crippen molar-refractivity contribution in [2.24, 2.45) is 11.8 Å². The highest BCUT2D eigenvalue weighted by Crippen LogP contribution is 2.28. The van der Waals surface area contributed by atoms with E-state index in [1.807, 2.05) is 0 Å². The summed E-state index contributed by atoms with van der Waals surface area (Å²) in [5.74, 6) is 1.93. The molecule has 0 amide bonds. The summed E-state index contributed by atoms with van der Waals surface area (Å²) in [5, 5.41) is 3.85. The second kappa shape index (κ2) is 6.75. The van der Waals surface area contributed by atoms with Crippen LogP contribution in [-0.2, 0) is 0 Å². The van der Waals surface area contributed by atoms with E-state index in [2.05, 4.69) is 24.2 Å². The quantitative estimate of drug-likeness (QED) is 0.813. The molecule has 1 saturated carbocycles. The summed E-state index contributed by atoms with van der Waals surface area (Å²) in [6.07, 6.45) is 9.94. The van der Waals surface area contributed by atoms with Gasteiger partial charge in [0.15, 0.2) is 0 Å². The minimum absolute atomic E-state index is 0.789. The summed E-state index contributed by atoms with van der Waals surface area (Å²) in [7, 11) is 2.26. The fourth-order valence-electron chi connectivity index (χ4n) is 3.52. The van der Waals surface area contributed by atoms with E-state index in [1.165, 1.54) is 64.6 Å². The van der Waals surface area contributed by atoms with Crippen molar-refractivity contribution in [2.45, 2.75) is 57.9 Å². The Balaban J connectivity index is 1.66. The molecule has 0 spiro atoms. The Morgan fingerprint density at radius 1 is 1.06 bits per heavy atom. The maximum Gasteiger partial charge on any atom is 0.00798 e. The van der Waals surface area contributed by atoms with E-state index in [9.17, 15) is 0 Å². The van der Waals surface area contributed by atoms with Gasteiger partial charge in [0.2, 0.25) is 0 Å². The number of rotatable bonds is 3. The van der Waals surface area contributed by atoms with E-state index in [0.29, 0.717) is 0 Å². The molecule has 2 fully saturated rings. The molecule has 0 aromatic heterocycles. The van der Waals surface area contributed by atoms with Gasteiger partial charge in [0.05, 0.1) is 0 Å². The molecule has 1 N–H and O–H groups in total. The lowest BCUT2D eigenvalue weighted by molar-refractivity contribution is 0.262. The van der Waals surface area contributed by atoms with Gasteiger partial charge in [-0.1, -0.05) is 19.8 Å². The van der Waals surface area contributed by atoms with E-state index in [1.54, 1.807) is 0 Å². The van der Waals surface area contributed by atoms with Gasteiger partial charge in [-0.3, -0.25) is 0 Å². The van der Waals surface area contributed by atoms with Crippen LogP contribution in [0.15, 0.2) is 0 Å². The fourth-order valence-corrected chi connectivity index (χ4v) is 3.52. The Labute approximate surface area is 107 Å². The predicted molar refractivity (Wildman–Crippen MR) is 74.3 cm³/mol. The minimum Gasteiger partial charge on any atom is -0.314 e. The molecule has 0 aromatic rings. The molecule has 2 rings (SSSR count). The second-order valence-electron chi connectivity index (χ2n) is 6.48. The van der Waals surface area contributed by atoms with Crippen molar-refractivity contribution in [1.82, 2.24) is 10.2 Å². The molecule has 17 heavy (non-hydrogen) atoms. The molecular weight excluding hydrogens is 208 g/mol. The van der Waals surface area contributed by atoms with Crippen LogP contribution in [0.4, 0.5) is 0 Å². The van der Waals surface area contributed by atoms with Crippen LogP contribution >= 0.6 is 0 Å². The first-order valence-electron chi connectivity index (χ1n) is 7.66. The van der Waals surface area contributed by atoms with Crippen LogP contribution in [-0.4, -0.2) is 37.6 Å². The van der Waals surface area contributed by atoms with Crippen LogP contribution in [0.5, 0.6) is 0 Å². The Kier molecular flexibility index (Phi) is 5.30. The van der Waals surface area contributed by atoms with Gasteiger partial charge in [0, 0.05) is 6.04 Å². The average Bonchev–Trinajstić information content (AvgIpc) is 2.52. The summed E-state index contributed by atoms with van der Waals surface area (Å²) in [5.41, 5.74) is 0. The standard InChI is InChI=1S/C15H30N2/c1-13-5-3-6-14(11-13)12-16-15-7-4-9-17(2)10-8-15/h13-16H,3-12H2,1-2H3. The molecule has 100 valence electrons. The lowest BCUT2D eigenvalue weighted by atomic mass is 9.82. The molecule has 0 bridgehead atoms. The van der Waals surface area contributed by atoms with E-state index in [4.69, 9.17) is 0 Å². The highest BCUT2D eigenvalue weighted by Gasteiger charge is 2.20. The largest absolute Gasteiger partial charge is 0.314 e. The van der Waals surface area contributed by atoms with Crippen LogP contribution in [0.25, 0.3) is 0 Å². The predicted octanol–water partition coefficient (Wildman–Crippen LogP) is 2.89. The van der Waals surface area contributed by atoms with Crippen molar-refractivity contribution in [2.75, 3.05) is 26.7 Å². The summed E-state index contributed by atoms with van der Waals surface area (Å²) < 4.78 is 0. The van der Waals surface area contributed by atoms with Crippen molar-refractivity contribution in [3.8, 4) is 0 Å². The second-order valence-corrected chi connectivity index (χ2v) is 6.48. The van der Waals surface area contributed by atoms with Gasteiger partial charge >= 0.3 is 0 Å². The zero-order valence-corrected chi connectivity index (χ0v) is 11.8. The summed E-state index contributed by atoms with van der Waals surface area (Å²) in [6.45, 7) is 6.27. The molecule has 0 radical (unpaired) electrons. The highest BCUT2D eigenvalue weighted by atomic mass is 15.1. The van der Waals surface area contributed by atoms with Crippen molar-refractivity contribution in [1.29, 1.82) is 0 Å². The maximum atomic E-state index is 3.85. The highest BCUT2D eigenvalue weighted by molar-refractivity contribution is 4.77. The van der Waals surface area contributed by atoms with Gasteiger partial charge in [0.1, 0.15) is 0 Å². The average molecular weight is 238 g/mol. The van der Waals surface area contributed by atoms with E-state index in [-0.39, 0.29) is 0 Å². The van der Waals surface area contributed by atoms with E-state index >= 15 is 0 Å². The fraction of sp³-hybridized carbons (Fsp3) is 1.00. The Bertz CT molecular complexity index is 217. The van der Waals surface area contributed by atoms with Crippen molar-refractivity contribution >= 4 is 0 Å². The molecule has 2 heteroatoms. The topological polar surface area (TPSA) is 15.3 Å². The van der Waals surface area contributed by atoms with Crippen LogP contribution in [0.3, 0.4) is 0 Å². The van der Waals surface area contributed by atoms with Gasteiger partial charge in [-0.2, -0.15) is 0 Å². The lowest BCUT2D eigenvalue weighted by Crippen LogP contribution is -2.35. The van der Waals surface area contributed by atoms with E-state index in [0.717, 1.165) is 17.9 Å². The van der Waals surface area contributed by atoms with Crippen LogP contribution in [0, 0.1) is 11.8 Å². The zero-order chi connectivity index (χ0) is 12.1. The van der Waals surface area contributed by atoms with Gasteiger partial charge in [-0.25, -0.2) is 0 Å². The number of likely N-dealkylation sites (tertiary alicyclic amines) is 1. The third-order valence-corrected chi connectivity index (χ3v) is 4.69. The molecule has 1 saturated heterocycles. The smallest absolute Gasteiger partial charge is 0.00798 e. The number of nitrogens with one attached hydrogen (secondary N) is 1. The van der Waals surface area contributed by atoms with Gasteiger partial charge < -0.3 is 10.2 Å². The summed E-state index contributed by atoms with van der Waals surface area (Å²) in [6, 6.07) is 0.789. The SMILES string of the molecule is CC1CCCC(CNC2CCCN(C)CC2)C1. The normalized spacial score (nSPS) is 36.7. The first kappa shape index (κ1) is 13.4. The van der Waals surface area contributed by atoms with Gasteiger partial charge in [-0.05, 0) is 70.6 Å². The number of nitrogens with zero attached hydrogens (tertiary/aromatic N) is 1. The van der Waals surface area contributed by atoms with Gasteiger partial charge in [0.25, 0.3) is 0 Å². The third-order valence-electron chi connectivity index (χ3n) is 4.69. The summed E-state index contributed by atoms with van der Waals surface area (Å²) in [4.78, 5) is 2.48. The van der Waals surface area contributed by atoms with Crippen molar-refractivity contribution in [3.05, 3.63) is 0 Å². The summed E-state index contributed by atoms with van der Waals surface area (Å²) >= 11 is 0. The van der Waals surface area contributed by atoms with Crippen LogP contribution in [0.1, 0.15) is 51.9 Å². The lowest BCUT2D eigenvalue weighted by Gasteiger charge is -2.28. The van der Waals surface area contributed by atoms with Gasteiger partial charge in [-0.15, -0.1) is 0 Å². The molecule has 3 unspecified atom stereocenters. The first-order valence-corrected chi connectivity index (χ1v) is 7.66. The van der Waals surface area contributed by atoms with Crippen LogP contribution in [0.2, 0.25) is 0 Å². The molecule has 0 aromatic carbocycles. The molecular formula is C15H30N2. The minimum atomic E-state index is 0.789. The number of hydrogen-bond acceptors (Lipinski definition) is 2. The maximum absolute atomic E-state index is 3.85. The van der Waals surface area contributed by atoms with Crippen molar-refractivity contribution in [3.63, 3.8) is 0 Å². The molecule has 2 aliphatic rings. The third kappa shape index (κ3) is 4.59. The molecule has 1 aliphatic carbocycles. The number of hydrogen-bond donors (Lipinski definition) is 1. The monoisotopic (exact) mass is 238 g/mol. The Hall–Kier alpha value is -0.0800. The molecule has 2 nitrogen and oxygen atoms in total. The molecule has 1 heterocycles. The van der Waals surface area contributed by atoms with Crippen molar-refractivity contribution < 1.29 is 0 Å². The Morgan fingerprint density at radius 3 is 2.76 bits per heavy atom. The Morgan fingerprint density at radius 2 is 1.94 bits per heavy atom. The van der Waals surface area contributed by atoms with E-state index < -0.39 is 0 Å². The molecule has 1 aliphatic heterocycles.